The fourth-order valence-electron chi connectivity index (χ4n) is 11.0. The van der Waals surface area contributed by atoms with Crippen molar-refractivity contribution < 1.29 is 0 Å². The van der Waals surface area contributed by atoms with Crippen LogP contribution in [0.3, 0.4) is 0 Å². The second-order valence-electron chi connectivity index (χ2n) is 16.8. The van der Waals surface area contributed by atoms with E-state index in [-0.39, 0.29) is 0 Å². The molecule has 64 heavy (non-hydrogen) atoms. The van der Waals surface area contributed by atoms with Gasteiger partial charge in [-0.3, -0.25) is 0 Å². The van der Waals surface area contributed by atoms with Gasteiger partial charge in [0.25, 0.3) is 0 Å². The number of fused-ring (bicyclic) bond motifs is 14. The number of rotatable bonds is 5. The molecule has 14 aromatic rings. The summed E-state index contributed by atoms with van der Waals surface area (Å²) >= 11 is 0. The highest BCUT2D eigenvalue weighted by atomic mass is 15.1. The van der Waals surface area contributed by atoms with Gasteiger partial charge in [-0.25, -0.2) is 0 Å². The van der Waals surface area contributed by atoms with E-state index in [4.69, 9.17) is 0 Å². The summed E-state index contributed by atoms with van der Waals surface area (Å²) in [6.45, 7) is 0. The highest BCUT2D eigenvalue weighted by Gasteiger charge is 2.29. The number of para-hydroxylation sites is 8. The summed E-state index contributed by atoms with van der Waals surface area (Å²) in [4.78, 5) is 0. The molecule has 10 aromatic carbocycles. The molecule has 0 radical (unpaired) electrons. The van der Waals surface area contributed by atoms with Crippen LogP contribution >= 0.6 is 0 Å². The van der Waals surface area contributed by atoms with Crippen LogP contribution in [0.2, 0.25) is 0 Å². The van der Waals surface area contributed by atoms with E-state index in [2.05, 4.69) is 249 Å². The largest absolute Gasteiger partial charge is 0.307 e. The molecule has 0 aliphatic heterocycles. The van der Waals surface area contributed by atoms with Crippen molar-refractivity contribution in [2.45, 2.75) is 0 Å². The van der Waals surface area contributed by atoms with Crippen LogP contribution in [0.4, 0.5) is 0 Å². The van der Waals surface area contributed by atoms with Crippen LogP contribution in [0.25, 0.3) is 121 Å². The van der Waals surface area contributed by atoms with E-state index < -0.39 is 0 Å². The lowest BCUT2D eigenvalue weighted by Crippen LogP contribution is -1.99. The predicted molar refractivity (Wildman–Crippen MR) is 269 cm³/mol. The molecule has 0 aliphatic rings. The average molecular weight is 815 g/mol. The van der Waals surface area contributed by atoms with Gasteiger partial charge in [0.1, 0.15) is 0 Å². The van der Waals surface area contributed by atoms with Crippen LogP contribution in [0, 0.1) is 0 Å². The van der Waals surface area contributed by atoms with Crippen molar-refractivity contribution in [2.75, 3.05) is 0 Å². The van der Waals surface area contributed by atoms with Crippen LogP contribution in [-0.4, -0.2) is 18.3 Å². The number of benzene rings is 10. The van der Waals surface area contributed by atoms with Crippen LogP contribution in [0.1, 0.15) is 0 Å². The zero-order valence-electron chi connectivity index (χ0n) is 34.7. The topological polar surface area (TPSA) is 19.7 Å². The summed E-state index contributed by atoms with van der Waals surface area (Å²) in [5.74, 6) is 0. The molecule has 4 aromatic heterocycles. The van der Waals surface area contributed by atoms with E-state index in [0.717, 1.165) is 22.7 Å². The molecule has 0 N–H and O–H groups in total. The van der Waals surface area contributed by atoms with Gasteiger partial charge in [-0.15, -0.1) is 0 Å². The van der Waals surface area contributed by atoms with Gasteiger partial charge in [-0.05, 0) is 96.1 Å². The lowest BCUT2D eigenvalue weighted by atomic mass is 9.92. The zero-order valence-corrected chi connectivity index (χ0v) is 34.7. The van der Waals surface area contributed by atoms with Crippen molar-refractivity contribution in [3.8, 4) is 33.9 Å². The molecule has 14 rings (SSSR count). The fraction of sp³-hybridized carbons (Fsp3) is 0. The molecule has 4 heteroatoms. The van der Waals surface area contributed by atoms with E-state index in [1.165, 1.54) is 98.4 Å². The maximum atomic E-state index is 2.52. The lowest BCUT2D eigenvalue weighted by Gasteiger charge is -2.16. The Balaban J connectivity index is 1.28. The van der Waals surface area contributed by atoms with Gasteiger partial charge in [0, 0.05) is 65.8 Å². The summed E-state index contributed by atoms with van der Waals surface area (Å²) in [5, 5.41) is 9.78. The van der Waals surface area contributed by atoms with Crippen LogP contribution in [-0.2, 0) is 0 Å². The monoisotopic (exact) mass is 814 g/mol. The Bertz CT molecular complexity index is 3880. The number of aromatic nitrogens is 4. The molecule has 0 fully saturated rings. The van der Waals surface area contributed by atoms with Crippen molar-refractivity contribution in [1.29, 1.82) is 0 Å². The molecule has 0 saturated carbocycles. The molecular formula is C60H38N4. The Morgan fingerprint density at radius 1 is 0.203 bits per heavy atom. The van der Waals surface area contributed by atoms with Gasteiger partial charge in [-0.2, -0.15) is 0 Å². The number of hydrogen-bond acceptors (Lipinski definition) is 0. The summed E-state index contributed by atoms with van der Waals surface area (Å²) in [6.07, 6.45) is 0. The van der Waals surface area contributed by atoms with Crippen molar-refractivity contribution in [2.24, 2.45) is 0 Å². The highest BCUT2D eigenvalue weighted by Crippen LogP contribution is 2.51. The minimum atomic E-state index is 1.13. The van der Waals surface area contributed by atoms with E-state index in [0.29, 0.717) is 0 Å². The van der Waals surface area contributed by atoms with Gasteiger partial charge in [0.2, 0.25) is 0 Å². The average Bonchev–Trinajstić information content (AvgIpc) is 4.10. The Labute approximate surface area is 368 Å². The first-order valence-corrected chi connectivity index (χ1v) is 22.0. The first-order valence-electron chi connectivity index (χ1n) is 22.0. The first kappa shape index (κ1) is 35.0. The molecule has 4 heterocycles. The van der Waals surface area contributed by atoms with Gasteiger partial charge in [-0.1, -0.05) is 146 Å². The second-order valence-corrected chi connectivity index (χ2v) is 16.8. The predicted octanol–water partition coefficient (Wildman–Crippen LogP) is 15.7. The summed E-state index contributed by atoms with van der Waals surface area (Å²) in [5.41, 5.74) is 16.4. The normalized spacial score (nSPS) is 12.1. The van der Waals surface area contributed by atoms with Gasteiger partial charge in [0.15, 0.2) is 0 Å². The Morgan fingerprint density at radius 2 is 0.453 bits per heavy atom. The van der Waals surface area contributed by atoms with Crippen LogP contribution < -0.4 is 0 Å². The number of hydrogen-bond donors (Lipinski definition) is 0. The summed E-state index contributed by atoms with van der Waals surface area (Å²) in [7, 11) is 0. The maximum Gasteiger partial charge on any atom is 0.0795 e. The van der Waals surface area contributed by atoms with E-state index >= 15 is 0 Å². The van der Waals surface area contributed by atoms with Gasteiger partial charge >= 0.3 is 0 Å². The minimum Gasteiger partial charge on any atom is -0.307 e. The molecule has 0 bridgehead atoms. The smallest absolute Gasteiger partial charge is 0.0795 e. The third-order valence-electron chi connectivity index (χ3n) is 13.5. The highest BCUT2D eigenvalue weighted by molar-refractivity contribution is 6.33. The Kier molecular flexibility index (Phi) is 7.36. The van der Waals surface area contributed by atoms with E-state index in [1.807, 2.05) is 0 Å². The molecule has 298 valence electrons. The van der Waals surface area contributed by atoms with Crippen molar-refractivity contribution in [3.63, 3.8) is 0 Å². The Hall–Kier alpha value is -8.60. The quantitative estimate of drug-likeness (QED) is 0.165. The zero-order chi connectivity index (χ0) is 41.9. The maximum absolute atomic E-state index is 2.52. The van der Waals surface area contributed by atoms with E-state index in [1.54, 1.807) is 0 Å². The fourth-order valence-corrected chi connectivity index (χ4v) is 11.0. The van der Waals surface area contributed by atoms with Crippen LogP contribution in [0.15, 0.2) is 231 Å². The third kappa shape index (κ3) is 4.77. The van der Waals surface area contributed by atoms with E-state index in [9.17, 15) is 0 Å². The SMILES string of the molecule is c1ccc(-n2c3ccccc3c3cc(-c4cc5c6ccccc6n(-c6ccccc6)c5c5c4c4ccccc4n5-c4ccccc4)c4c5ccccc5n(-c5ccccc5)c4c32)cc1. The standard InChI is InChI=1S/C60H38N4/c1-5-21-39(22-6-1)61-51-33-17-13-29-43(51)49-37-47(55-45-31-15-19-35-53(45)63(59(55)57(49)61)41-25-9-3-10-26-41)48-38-50-44-30-14-18-34-52(44)62(40-23-7-2-8-24-40)58(50)60-56(48)46-32-16-20-36-54(46)64(60)42-27-11-4-12-28-42/h1-38H. The minimum absolute atomic E-state index is 1.13. The van der Waals surface area contributed by atoms with Crippen molar-refractivity contribution in [1.82, 2.24) is 18.3 Å². The third-order valence-corrected chi connectivity index (χ3v) is 13.5. The molecule has 0 spiro atoms. The molecule has 0 amide bonds. The summed E-state index contributed by atoms with van der Waals surface area (Å²) < 4.78 is 10.0. The molecule has 0 atom stereocenters. The van der Waals surface area contributed by atoms with Crippen molar-refractivity contribution in [3.05, 3.63) is 231 Å². The molecule has 0 aliphatic carbocycles. The summed E-state index contributed by atoms with van der Waals surface area (Å²) in [6, 6.07) is 84.5. The van der Waals surface area contributed by atoms with Crippen molar-refractivity contribution >= 4 is 87.2 Å². The molecule has 0 unspecified atom stereocenters. The van der Waals surface area contributed by atoms with Gasteiger partial charge < -0.3 is 18.3 Å². The number of nitrogens with zero attached hydrogens (tertiary/aromatic N) is 4. The first-order chi connectivity index (χ1) is 31.8. The lowest BCUT2D eigenvalue weighted by molar-refractivity contribution is 1.15. The Morgan fingerprint density at radius 3 is 0.781 bits per heavy atom. The second kappa shape index (κ2) is 13.4. The molecule has 4 nitrogen and oxygen atoms in total. The molecular weight excluding hydrogens is 777 g/mol. The van der Waals surface area contributed by atoms with Gasteiger partial charge in [0.05, 0.1) is 44.1 Å². The van der Waals surface area contributed by atoms with Crippen LogP contribution in [0.5, 0.6) is 0 Å². The molecule has 0 saturated heterocycles.